The van der Waals surface area contributed by atoms with E-state index in [2.05, 4.69) is 63.9 Å². The summed E-state index contributed by atoms with van der Waals surface area (Å²) in [7, 11) is 2.18. The van der Waals surface area contributed by atoms with Crippen LogP contribution >= 0.6 is 0 Å². The molecule has 1 aromatic rings. The number of hydrogen-bond acceptors (Lipinski definition) is 2. The minimum Gasteiger partial charge on any atom is -0.328 e. The maximum absolute atomic E-state index is 6.20. The van der Waals surface area contributed by atoms with Crippen molar-refractivity contribution in [3.8, 4) is 0 Å². The molecule has 0 heterocycles. The monoisotopic (exact) mass is 262 g/mol. The van der Waals surface area contributed by atoms with E-state index in [1.54, 1.807) is 0 Å². The Bertz CT molecular complexity index is 379. The van der Waals surface area contributed by atoms with E-state index < -0.39 is 0 Å². The molecule has 0 aliphatic carbocycles. The smallest absolute Gasteiger partial charge is 0.0233 e. The van der Waals surface area contributed by atoms with Gasteiger partial charge in [0, 0.05) is 12.6 Å². The zero-order chi connectivity index (χ0) is 14.5. The average molecular weight is 262 g/mol. The van der Waals surface area contributed by atoms with Gasteiger partial charge in [-0.05, 0) is 49.9 Å². The van der Waals surface area contributed by atoms with Crippen molar-refractivity contribution < 1.29 is 0 Å². The lowest BCUT2D eigenvalue weighted by molar-refractivity contribution is 0.277. The van der Waals surface area contributed by atoms with E-state index >= 15 is 0 Å². The zero-order valence-corrected chi connectivity index (χ0v) is 13.2. The fourth-order valence-corrected chi connectivity index (χ4v) is 2.43. The van der Waals surface area contributed by atoms with Gasteiger partial charge in [-0.2, -0.15) is 0 Å². The molecule has 0 aliphatic heterocycles. The number of nitrogens with two attached hydrogens (primary N) is 1. The summed E-state index contributed by atoms with van der Waals surface area (Å²) in [5, 5.41) is 0. The molecule has 0 bridgehead atoms. The Labute approximate surface area is 119 Å². The van der Waals surface area contributed by atoms with E-state index in [1.807, 2.05) is 0 Å². The minimum absolute atomic E-state index is 0.305. The number of aryl methyl sites for hydroxylation is 1. The maximum atomic E-state index is 6.20. The highest BCUT2D eigenvalue weighted by Gasteiger charge is 2.15. The third kappa shape index (κ3) is 6.74. The van der Waals surface area contributed by atoms with Crippen LogP contribution < -0.4 is 5.73 Å². The third-order valence-corrected chi connectivity index (χ3v) is 3.46. The minimum atomic E-state index is 0.305. The Morgan fingerprint density at radius 1 is 1.21 bits per heavy atom. The molecular weight excluding hydrogens is 232 g/mol. The van der Waals surface area contributed by atoms with Gasteiger partial charge >= 0.3 is 0 Å². The first-order valence-corrected chi connectivity index (χ1v) is 7.26. The van der Waals surface area contributed by atoms with Gasteiger partial charge in [-0.15, -0.1) is 0 Å². The Morgan fingerprint density at radius 2 is 1.84 bits per heavy atom. The molecule has 1 rings (SSSR count). The molecule has 2 nitrogen and oxygen atoms in total. The van der Waals surface area contributed by atoms with Gasteiger partial charge in [-0.1, -0.05) is 45.0 Å². The Hall–Kier alpha value is -0.860. The van der Waals surface area contributed by atoms with Crippen LogP contribution in [0, 0.1) is 12.3 Å². The zero-order valence-electron chi connectivity index (χ0n) is 13.2. The largest absolute Gasteiger partial charge is 0.328 e. The molecule has 0 radical (unpaired) electrons. The molecule has 0 fully saturated rings. The van der Waals surface area contributed by atoms with Crippen molar-refractivity contribution in [3.05, 3.63) is 35.4 Å². The van der Waals surface area contributed by atoms with Gasteiger partial charge < -0.3 is 10.6 Å². The number of nitrogens with zero attached hydrogens (tertiary/aromatic N) is 1. The van der Waals surface area contributed by atoms with E-state index in [1.165, 1.54) is 11.1 Å². The SMILES string of the molecule is Cc1ccccc1CN(C)CCC(N)CC(C)(C)C. The van der Waals surface area contributed by atoms with Crippen LogP contribution in [0.2, 0.25) is 0 Å². The van der Waals surface area contributed by atoms with E-state index in [-0.39, 0.29) is 0 Å². The Kier molecular flexibility index (Phi) is 6.02. The van der Waals surface area contributed by atoms with Gasteiger partial charge in [0.1, 0.15) is 0 Å². The van der Waals surface area contributed by atoms with Gasteiger partial charge in [-0.25, -0.2) is 0 Å². The van der Waals surface area contributed by atoms with E-state index in [9.17, 15) is 0 Å². The molecule has 0 spiro atoms. The average Bonchev–Trinajstić information content (AvgIpc) is 2.27. The van der Waals surface area contributed by atoms with Gasteiger partial charge in [0.2, 0.25) is 0 Å². The molecule has 2 N–H and O–H groups in total. The highest BCUT2D eigenvalue weighted by atomic mass is 15.1. The van der Waals surface area contributed by atoms with Crippen molar-refractivity contribution in [2.45, 2.75) is 53.1 Å². The number of rotatable bonds is 6. The van der Waals surface area contributed by atoms with E-state index in [4.69, 9.17) is 5.73 Å². The fraction of sp³-hybridized carbons (Fsp3) is 0.647. The molecule has 1 atom stereocenters. The summed E-state index contributed by atoms with van der Waals surface area (Å²) in [6.45, 7) is 11.0. The lowest BCUT2D eigenvalue weighted by Gasteiger charge is -2.25. The van der Waals surface area contributed by atoms with Crippen molar-refractivity contribution in [3.63, 3.8) is 0 Å². The normalized spacial score (nSPS) is 13.8. The van der Waals surface area contributed by atoms with Crippen molar-refractivity contribution in [2.24, 2.45) is 11.1 Å². The summed E-state index contributed by atoms with van der Waals surface area (Å²) in [6, 6.07) is 8.90. The second-order valence-corrected chi connectivity index (χ2v) is 6.98. The van der Waals surface area contributed by atoms with Crippen LogP contribution in [0.5, 0.6) is 0 Å². The van der Waals surface area contributed by atoms with Crippen molar-refractivity contribution in [1.82, 2.24) is 4.90 Å². The fourth-order valence-electron chi connectivity index (χ4n) is 2.43. The lowest BCUT2D eigenvalue weighted by atomic mass is 9.87. The first kappa shape index (κ1) is 16.2. The molecule has 108 valence electrons. The molecule has 1 unspecified atom stereocenters. The molecule has 0 amide bonds. The summed E-state index contributed by atoms with van der Waals surface area (Å²) in [5.74, 6) is 0. The molecule has 0 aromatic heterocycles. The Morgan fingerprint density at radius 3 is 2.42 bits per heavy atom. The molecular formula is C17H30N2. The molecule has 0 saturated carbocycles. The van der Waals surface area contributed by atoms with Crippen LogP contribution in [0.25, 0.3) is 0 Å². The first-order valence-electron chi connectivity index (χ1n) is 7.26. The van der Waals surface area contributed by atoms with Crippen LogP contribution in [0.4, 0.5) is 0 Å². The van der Waals surface area contributed by atoms with Crippen LogP contribution in [0.15, 0.2) is 24.3 Å². The summed E-state index contributed by atoms with van der Waals surface area (Å²) in [4.78, 5) is 2.37. The summed E-state index contributed by atoms with van der Waals surface area (Å²) >= 11 is 0. The van der Waals surface area contributed by atoms with Crippen LogP contribution in [-0.2, 0) is 6.54 Å². The van der Waals surface area contributed by atoms with Crippen molar-refractivity contribution >= 4 is 0 Å². The highest BCUT2D eigenvalue weighted by Crippen LogP contribution is 2.21. The standard InChI is InChI=1S/C17H30N2/c1-14-8-6-7-9-15(14)13-19(5)11-10-16(18)12-17(2,3)4/h6-9,16H,10-13,18H2,1-5H3. The predicted octanol–water partition coefficient (Wildman–Crippen LogP) is 3.58. The predicted molar refractivity (Wildman–Crippen MR) is 84.2 cm³/mol. The summed E-state index contributed by atoms with van der Waals surface area (Å²) in [5.41, 5.74) is 9.31. The third-order valence-electron chi connectivity index (χ3n) is 3.46. The van der Waals surface area contributed by atoms with Crippen molar-refractivity contribution in [1.29, 1.82) is 0 Å². The maximum Gasteiger partial charge on any atom is 0.0233 e. The topological polar surface area (TPSA) is 29.3 Å². The highest BCUT2D eigenvalue weighted by molar-refractivity contribution is 5.25. The molecule has 0 aliphatic rings. The van der Waals surface area contributed by atoms with Crippen LogP contribution in [0.3, 0.4) is 0 Å². The summed E-state index contributed by atoms with van der Waals surface area (Å²) < 4.78 is 0. The van der Waals surface area contributed by atoms with E-state index in [0.717, 1.165) is 25.9 Å². The van der Waals surface area contributed by atoms with Crippen molar-refractivity contribution in [2.75, 3.05) is 13.6 Å². The summed E-state index contributed by atoms with van der Waals surface area (Å²) in [6.07, 6.45) is 2.16. The van der Waals surface area contributed by atoms with Gasteiger partial charge in [0.05, 0.1) is 0 Å². The quantitative estimate of drug-likeness (QED) is 0.849. The van der Waals surface area contributed by atoms with Gasteiger partial charge in [0.25, 0.3) is 0 Å². The Balaban J connectivity index is 2.36. The van der Waals surface area contributed by atoms with Crippen LogP contribution in [0.1, 0.15) is 44.7 Å². The number of hydrogen-bond donors (Lipinski definition) is 1. The number of benzene rings is 1. The molecule has 1 aromatic carbocycles. The molecule has 19 heavy (non-hydrogen) atoms. The van der Waals surface area contributed by atoms with Crippen LogP contribution in [-0.4, -0.2) is 24.5 Å². The lowest BCUT2D eigenvalue weighted by Crippen LogP contribution is -2.31. The van der Waals surface area contributed by atoms with Gasteiger partial charge in [0.15, 0.2) is 0 Å². The second-order valence-electron chi connectivity index (χ2n) is 6.98. The second kappa shape index (κ2) is 7.06. The van der Waals surface area contributed by atoms with Gasteiger partial charge in [-0.3, -0.25) is 0 Å². The molecule has 0 saturated heterocycles. The molecule has 2 heteroatoms. The van der Waals surface area contributed by atoms with E-state index in [0.29, 0.717) is 11.5 Å². The first-order chi connectivity index (χ1) is 8.78.